The third-order valence-electron chi connectivity index (χ3n) is 4.87. The van der Waals surface area contributed by atoms with Crippen LogP contribution in [-0.2, 0) is 24.4 Å². The van der Waals surface area contributed by atoms with Crippen LogP contribution in [0.3, 0.4) is 0 Å². The van der Waals surface area contributed by atoms with Crippen molar-refractivity contribution >= 4 is 17.7 Å². The van der Waals surface area contributed by atoms with Gasteiger partial charge in [-0.25, -0.2) is 0 Å². The summed E-state index contributed by atoms with van der Waals surface area (Å²) in [5, 5.41) is 8.15. The van der Waals surface area contributed by atoms with Crippen molar-refractivity contribution in [2.24, 2.45) is 0 Å². The van der Waals surface area contributed by atoms with E-state index in [0.29, 0.717) is 17.7 Å². The highest BCUT2D eigenvalue weighted by Gasteiger charge is 2.26. The van der Waals surface area contributed by atoms with Crippen molar-refractivity contribution in [3.63, 3.8) is 0 Å². The predicted molar refractivity (Wildman–Crippen MR) is 111 cm³/mol. The van der Waals surface area contributed by atoms with E-state index < -0.39 is 0 Å². The molecule has 1 atom stereocenters. The fourth-order valence-electron chi connectivity index (χ4n) is 3.34. The summed E-state index contributed by atoms with van der Waals surface area (Å²) in [5.41, 5.74) is 3.67. The van der Waals surface area contributed by atoms with Crippen molar-refractivity contribution in [1.82, 2.24) is 15.1 Å². The summed E-state index contributed by atoms with van der Waals surface area (Å²) in [7, 11) is 0. The van der Waals surface area contributed by atoms with E-state index in [1.165, 1.54) is 22.9 Å². The number of fused-ring (bicyclic) bond motifs is 1. The number of rotatable bonds is 6. The van der Waals surface area contributed by atoms with Gasteiger partial charge in [0.2, 0.25) is 5.91 Å². The van der Waals surface area contributed by atoms with E-state index in [9.17, 15) is 4.79 Å². The molecule has 0 saturated carbocycles. The molecule has 2 aromatic carbocycles. The third-order valence-corrected chi connectivity index (χ3v) is 5.79. The Kier molecular flexibility index (Phi) is 5.85. The molecule has 0 fully saturated rings. The number of hydrogen-bond acceptors (Lipinski definition) is 6. The van der Waals surface area contributed by atoms with Gasteiger partial charge < -0.3 is 14.1 Å². The highest BCUT2D eigenvalue weighted by atomic mass is 32.2. The minimum absolute atomic E-state index is 0.0836. The monoisotopic (exact) mass is 409 g/mol. The molecule has 1 aliphatic rings. The first-order valence-electron chi connectivity index (χ1n) is 9.62. The molecule has 150 valence electrons. The second-order valence-electron chi connectivity index (χ2n) is 7.11. The highest BCUT2D eigenvalue weighted by Crippen LogP contribution is 2.26. The van der Waals surface area contributed by atoms with Crippen LogP contribution in [0.4, 0.5) is 0 Å². The van der Waals surface area contributed by atoms with Crippen LogP contribution in [0, 0.1) is 6.92 Å². The van der Waals surface area contributed by atoms with Crippen molar-refractivity contribution in [2.45, 2.75) is 43.9 Å². The maximum atomic E-state index is 12.9. The van der Waals surface area contributed by atoms with Gasteiger partial charge in [-0.2, -0.15) is 0 Å². The number of ether oxygens (including phenoxy) is 1. The summed E-state index contributed by atoms with van der Waals surface area (Å²) in [6.07, 6.45) is 0.889. The minimum Gasteiger partial charge on any atom is -0.484 e. The van der Waals surface area contributed by atoms with Gasteiger partial charge in [0.25, 0.3) is 11.1 Å². The molecule has 0 bridgehead atoms. The van der Waals surface area contributed by atoms with Crippen molar-refractivity contribution in [2.75, 3.05) is 6.54 Å². The largest absolute Gasteiger partial charge is 0.484 e. The molecular weight excluding hydrogens is 386 g/mol. The Balaban J connectivity index is 1.32. The van der Waals surface area contributed by atoms with Crippen LogP contribution in [0.2, 0.25) is 0 Å². The van der Waals surface area contributed by atoms with Gasteiger partial charge in [-0.05, 0) is 49.1 Å². The Morgan fingerprint density at radius 3 is 2.86 bits per heavy atom. The van der Waals surface area contributed by atoms with Crippen molar-refractivity contribution < 1.29 is 13.9 Å². The smallest absolute Gasteiger partial charge is 0.277 e. The van der Waals surface area contributed by atoms with Gasteiger partial charge in [0, 0.05) is 13.1 Å². The van der Waals surface area contributed by atoms with Crippen LogP contribution in [0.5, 0.6) is 5.75 Å². The molecule has 0 radical (unpaired) electrons. The first-order valence-corrected chi connectivity index (χ1v) is 10.5. The number of carbonyl (C=O) groups is 1. The van der Waals surface area contributed by atoms with Crippen molar-refractivity contribution in [1.29, 1.82) is 0 Å². The van der Waals surface area contributed by atoms with Gasteiger partial charge in [-0.1, -0.05) is 48.2 Å². The van der Waals surface area contributed by atoms with Crippen LogP contribution < -0.4 is 4.74 Å². The third kappa shape index (κ3) is 4.79. The van der Waals surface area contributed by atoms with E-state index in [1.54, 1.807) is 0 Å². The van der Waals surface area contributed by atoms with Crippen LogP contribution in [0.15, 0.2) is 58.2 Å². The van der Waals surface area contributed by atoms with Gasteiger partial charge >= 0.3 is 0 Å². The van der Waals surface area contributed by atoms with Crippen LogP contribution in [-0.4, -0.2) is 32.8 Å². The maximum Gasteiger partial charge on any atom is 0.277 e. The van der Waals surface area contributed by atoms with Gasteiger partial charge in [0.1, 0.15) is 5.75 Å². The van der Waals surface area contributed by atoms with Gasteiger partial charge in [-0.15, -0.1) is 10.2 Å². The van der Waals surface area contributed by atoms with Gasteiger partial charge in [0.15, 0.2) is 6.61 Å². The first kappa shape index (κ1) is 19.5. The molecule has 0 N–H and O–H groups in total. The molecule has 4 rings (SSSR count). The van der Waals surface area contributed by atoms with E-state index in [2.05, 4.69) is 22.3 Å². The number of carbonyl (C=O) groups excluding carboxylic acids is 1. The Morgan fingerprint density at radius 2 is 2.03 bits per heavy atom. The molecule has 6 nitrogen and oxygen atoms in total. The summed E-state index contributed by atoms with van der Waals surface area (Å²) >= 11 is 1.28. The van der Waals surface area contributed by atoms with E-state index in [0.717, 1.165) is 24.3 Å². The fourth-order valence-corrected chi connectivity index (χ4v) is 4.12. The zero-order valence-corrected chi connectivity index (χ0v) is 17.3. The molecule has 1 aromatic heterocycles. The first-order chi connectivity index (χ1) is 14.1. The van der Waals surface area contributed by atoms with Crippen LogP contribution in [0.25, 0.3) is 0 Å². The Hall–Kier alpha value is -2.80. The molecular formula is C22H23N3O3S. The fraction of sp³-hybridized carbons (Fsp3) is 0.318. The van der Waals surface area contributed by atoms with E-state index in [1.807, 2.05) is 55.1 Å². The zero-order valence-electron chi connectivity index (χ0n) is 16.5. The van der Waals surface area contributed by atoms with Crippen molar-refractivity contribution in [3.8, 4) is 5.75 Å². The molecule has 29 heavy (non-hydrogen) atoms. The van der Waals surface area contributed by atoms with Crippen molar-refractivity contribution in [3.05, 3.63) is 71.1 Å². The predicted octanol–water partition coefficient (Wildman–Crippen LogP) is 4.02. The number of aryl methyl sites for hydroxylation is 1. The number of hydrogen-bond donors (Lipinski definition) is 0. The summed E-state index contributed by atoms with van der Waals surface area (Å²) < 4.78 is 11.3. The Labute approximate surface area is 174 Å². The number of benzene rings is 2. The average Bonchev–Trinajstić information content (AvgIpc) is 3.18. The molecule has 0 unspecified atom stereocenters. The summed E-state index contributed by atoms with van der Waals surface area (Å²) in [6, 6.07) is 16.1. The number of nitrogens with zero attached hydrogens (tertiary/aromatic N) is 3. The SMILES string of the molecule is Cc1cccc(OCc2nnc(S[C@H](C)C(=O)N3CCc4ccccc4C3)o2)c1. The van der Waals surface area contributed by atoms with Crippen LogP contribution in [0.1, 0.15) is 29.5 Å². The van der Waals surface area contributed by atoms with Crippen LogP contribution >= 0.6 is 11.8 Å². The summed E-state index contributed by atoms with van der Waals surface area (Å²) in [5.74, 6) is 1.23. The normalized spacial score (nSPS) is 14.3. The van der Waals surface area contributed by atoms with E-state index in [4.69, 9.17) is 9.15 Å². The topological polar surface area (TPSA) is 68.5 Å². The average molecular weight is 410 g/mol. The Morgan fingerprint density at radius 1 is 1.21 bits per heavy atom. The minimum atomic E-state index is -0.300. The molecule has 3 aromatic rings. The molecule has 0 saturated heterocycles. The second-order valence-corrected chi connectivity index (χ2v) is 8.40. The van der Waals surface area contributed by atoms with Gasteiger partial charge in [0.05, 0.1) is 5.25 Å². The molecule has 2 heterocycles. The van der Waals surface area contributed by atoms with E-state index >= 15 is 0 Å². The van der Waals surface area contributed by atoms with E-state index in [-0.39, 0.29) is 17.8 Å². The molecule has 1 amide bonds. The standard InChI is InChI=1S/C22H23N3O3S/c1-15-6-5-9-19(12-15)27-14-20-23-24-22(28-20)29-16(2)21(26)25-11-10-17-7-3-4-8-18(17)13-25/h3-9,12,16H,10-11,13-14H2,1-2H3/t16-/m1/s1. The molecule has 1 aliphatic heterocycles. The molecule has 0 aliphatic carbocycles. The molecule has 7 heteroatoms. The quantitative estimate of drug-likeness (QED) is 0.573. The second kappa shape index (κ2) is 8.69. The maximum absolute atomic E-state index is 12.9. The highest BCUT2D eigenvalue weighted by molar-refractivity contribution is 8.00. The lowest BCUT2D eigenvalue weighted by atomic mass is 10.00. The lowest BCUT2D eigenvalue weighted by Gasteiger charge is -2.30. The number of thioether (sulfide) groups is 1. The number of amides is 1. The number of aromatic nitrogens is 2. The van der Waals surface area contributed by atoms with Gasteiger partial charge in [-0.3, -0.25) is 4.79 Å². The summed E-state index contributed by atoms with van der Waals surface area (Å²) in [4.78, 5) is 14.8. The molecule has 0 spiro atoms. The Bertz CT molecular complexity index is 1000. The summed E-state index contributed by atoms with van der Waals surface area (Å²) in [6.45, 7) is 5.47. The lowest BCUT2D eigenvalue weighted by molar-refractivity contribution is -0.131. The zero-order chi connectivity index (χ0) is 20.2. The lowest BCUT2D eigenvalue weighted by Crippen LogP contribution is -2.40.